The molecule has 7 heteroatoms. The van der Waals surface area contributed by atoms with Crippen LogP contribution in [0.2, 0.25) is 0 Å². The van der Waals surface area contributed by atoms with Gasteiger partial charge in [-0.15, -0.1) is 0 Å². The number of H-pyrrole nitrogens is 1. The number of piperidine rings is 1. The number of nitrogens with one attached hydrogen (secondary N) is 1. The maximum Gasteiger partial charge on any atom is 0.410 e. The van der Waals surface area contributed by atoms with E-state index in [1.165, 1.54) is 5.56 Å². The Morgan fingerprint density at radius 1 is 1.24 bits per heavy atom. The number of hydrogen-bond donors (Lipinski definition) is 1. The van der Waals surface area contributed by atoms with Crippen molar-refractivity contribution in [3.8, 4) is 0 Å². The molecule has 154 valence electrons. The molecular formula is C22H28N4O3. The number of nitrogens with zero attached hydrogens (tertiary/aromatic N) is 3. The van der Waals surface area contributed by atoms with Crippen LogP contribution in [0.5, 0.6) is 0 Å². The number of carbonyl (C=O) groups is 2. The summed E-state index contributed by atoms with van der Waals surface area (Å²) in [6, 6.07) is 10.2. The number of ether oxygens (including phenoxy) is 1. The van der Waals surface area contributed by atoms with Crippen LogP contribution in [0.3, 0.4) is 0 Å². The number of likely N-dealkylation sites (tertiary alicyclic amines) is 1. The van der Waals surface area contributed by atoms with Crippen LogP contribution >= 0.6 is 0 Å². The highest BCUT2D eigenvalue weighted by atomic mass is 16.6. The lowest BCUT2D eigenvalue weighted by Crippen LogP contribution is -2.49. The minimum absolute atomic E-state index is 0.0430. The lowest BCUT2D eigenvalue weighted by molar-refractivity contribution is 0.00295. The molecule has 1 aromatic carbocycles. The summed E-state index contributed by atoms with van der Waals surface area (Å²) in [5.41, 5.74) is 3.17. The topological polar surface area (TPSA) is 78.5 Å². The molecule has 0 atom stereocenters. The highest BCUT2D eigenvalue weighted by Crippen LogP contribution is 2.34. The van der Waals surface area contributed by atoms with E-state index in [-0.39, 0.29) is 12.0 Å². The number of aromatic amines is 1. The number of benzene rings is 1. The van der Waals surface area contributed by atoms with E-state index in [2.05, 4.69) is 22.3 Å². The minimum atomic E-state index is -0.472. The SMILES string of the molecule is CCc1[nH]nc(C(=O)N2CCC3(CC2)CN(CCc2ccccc2)C(=O)O3)c1C. The zero-order valence-electron chi connectivity index (χ0n) is 17.1. The largest absolute Gasteiger partial charge is 0.441 e. The molecule has 0 bridgehead atoms. The summed E-state index contributed by atoms with van der Waals surface area (Å²) in [5, 5.41) is 7.18. The van der Waals surface area contributed by atoms with Gasteiger partial charge >= 0.3 is 6.09 Å². The molecule has 2 saturated heterocycles. The third-order valence-corrected chi connectivity index (χ3v) is 6.18. The van der Waals surface area contributed by atoms with Crippen molar-refractivity contribution in [1.82, 2.24) is 20.0 Å². The predicted molar refractivity (Wildman–Crippen MR) is 109 cm³/mol. The molecule has 0 unspecified atom stereocenters. The first-order valence-electron chi connectivity index (χ1n) is 10.4. The van der Waals surface area contributed by atoms with Gasteiger partial charge in [-0.25, -0.2) is 4.79 Å². The van der Waals surface area contributed by atoms with Gasteiger partial charge in [0.25, 0.3) is 5.91 Å². The second-order valence-electron chi connectivity index (χ2n) is 8.03. The first kappa shape index (κ1) is 19.5. The standard InChI is InChI=1S/C22H28N4O3/c1-3-18-16(2)19(24-23-18)20(27)25-13-10-22(11-14-25)15-26(21(28)29-22)12-9-17-7-5-4-6-8-17/h4-8H,3,9-15H2,1-2H3,(H,23,24). The van der Waals surface area contributed by atoms with Crippen LogP contribution in [0.15, 0.2) is 30.3 Å². The Morgan fingerprint density at radius 2 is 1.97 bits per heavy atom. The van der Waals surface area contributed by atoms with Crippen LogP contribution in [-0.4, -0.2) is 63.8 Å². The van der Waals surface area contributed by atoms with Crippen LogP contribution in [0.1, 0.15) is 47.1 Å². The molecule has 1 spiro atoms. The zero-order valence-corrected chi connectivity index (χ0v) is 17.1. The fourth-order valence-corrected chi connectivity index (χ4v) is 4.29. The highest BCUT2D eigenvalue weighted by Gasteiger charge is 2.47. The Kier molecular flexibility index (Phi) is 5.30. The van der Waals surface area contributed by atoms with Gasteiger partial charge in [-0.3, -0.25) is 9.89 Å². The lowest BCUT2D eigenvalue weighted by atomic mass is 9.91. The third-order valence-electron chi connectivity index (χ3n) is 6.18. The molecule has 2 aliphatic heterocycles. The van der Waals surface area contributed by atoms with Crippen LogP contribution < -0.4 is 0 Å². The van der Waals surface area contributed by atoms with E-state index in [4.69, 9.17) is 4.74 Å². The second kappa shape index (κ2) is 7.89. The molecule has 29 heavy (non-hydrogen) atoms. The summed E-state index contributed by atoms with van der Waals surface area (Å²) in [7, 11) is 0. The number of carbonyl (C=O) groups excluding carboxylic acids is 2. The van der Waals surface area contributed by atoms with Crippen molar-refractivity contribution >= 4 is 12.0 Å². The monoisotopic (exact) mass is 396 g/mol. The smallest absolute Gasteiger partial charge is 0.410 e. The summed E-state index contributed by atoms with van der Waals surface area (Å²) in [5.74, 6) is -0.0430. The summed E-state index contributed by atoms with van der Waals surface area (Å²) in [6.45, 7) is 6.38. The van der Waals surface area contributed by atoms with Gasteiger partial charge < -0.3 is 14.5 Å². The summed E-state index contributed by atoms with van der Waals surface area (Å²) in [6.07, 6.45) is 2.72. The molecule has 2 fully saturated rings. The predicted octanol–water partition coefficient (Wildman–Crippen LogP) is 2.95. The Morgan fingerprint density at radius 3 is 2.62 bits per heavy atom. The van der Waals surface area contributed by atoms with E-state index in [1.807, 2.05) is 36.9 Å². The van der Waals surface area contributed by atoms with Crippen molar-refractivity contribution in [2.75, 3.05) is 26.2 Å². The Balaban J connectivity index is 1.34. The first-order chi connectivity index (χ1) is 14.0. The van der Waals surface area contributed by atoms with Gasteiger partial charge in [0.05, 0.1) is 6.54 Å². The van der Waals surface area contributed by atoms with Gasteiger partial charge in [-0.2, -0.15) is 5.10 Å². The maximum atomic E-state index is 12.9. The van der Waals surface area contributed by atoms with E-state index < -0.39 is 5.60 Å². The molecule has 4 rings (SSSR count). The summed E-state index contributed by atoms with van der Waals surface area (Å²) >= 11 is 0. The number of rotatable bonds is 5. The van der Waals surface area contributed by atoms with Crippen LogP contribution in [0.4, 0.5) is 4.79 Å². The fraction of sp³-hybridized carbons (Fsp3) is 0.500. The molecule has 2 aliphatic rings. The highest BCUT2D eigenvalue weighted by molar-refractivity contribution is 5.94. The molecule has 0 aliphatic carbocycles. The number of hydrogen-bond acceptors (Lipinski definition) is 4. The van der Waals surface area contributed by atoms with Crippen molar-refractivity contribution in [2.24, 2.45) is 0 Å². The van der Waals surface area contributed by atoms with Gasteiger partial charge in [0.1, 0.15) is 5.60 Å². The van der Waals surface area contributed by atoms with Crippen molar-refractivity contribution < 1.29 is 14.3 Å². The van der Waals surface area contributed by atoms with Crippen molar-refractivity contribution in [3.63, 3.8) is 0 Å². The Hall–Kier alpha value is -2.83. The van der Waals surface area contributed by atoms with Gasteiger partial charge in [0.2, 0.25) is 0 Å². The van der Waals surface area contributed by atoms with E-state index in [0.29, 0.717) is 44.7 Å². The molecular weight excluding hydrogens is 368 g/mol. The van der Waals surface area contributed by atoms with Gasteiger partial charge in [0.15, 0.2) is 5.69 Å². The number of aromatic nitrogens is 2. The minimum Gasteiger partial charge on any atom is -0.441 e. The van der Waals surface area contributed by atoms with E-state index >= 15 is 0 Å². The maximum absolute atomic E-state index is 12.9. The molecule has 3 heterocycles. The van der Waals surface area contributed by atoms with E-state index in [1.54, 1.807) is 4.90 Å². The molecule has 0 radical (unpaired) electrons. The fourth-order valence-electron chi connectivity index (χ4n) is 4.29. The lowest BCUT2D eigenvalue weighted by Gasteiger charge is -2.37. The van der Waals surface area contributed by atoms with Crippen molar-refractivity contribution in [1.29, 1.82) is 0 Å². The second-order valence-corrected chi connectivity index (χ2v) is 8.03. The van der Waals surface area contributed by atoms with Crippen molar-refractivity contribution in [2.45, 2.75) is 45.1 Å². The molecule has 7 nitrogen and oxygen atoms in total. The Labute approximate surface area is 171 Å². The molecule has 1 N–H and O–H groups in total. The van der Waals surface area contributed by atoms with Crippen LogP contribution in [0, 0.1) is 6.92 Å². The molecule has 2 aromatic rings. The molecule has 1 aromatic heterocycles. The average molecular weight is 396 g/mol. The summed E-state index contributed by atoms with van der Waals surface area (Å²) < 4.78 is 5.80. The number of amides is 2. The van der Waals surface area contributed by atoms with Crippen LogP contribution in [0.25, 0.3) is 0 Å². The van der Waals surface area contributed by atoms with E-state index in [0.717, 1.165) is 24.1 Å². The molecule has 0 saturated carbocycles. The van der Waals surface area contributed by atoms with Crippen LogP contribution in [-0.2, 0) is 17.6 Å². The quantitative estimate of drug-likeness (QED) is 0.843. The third kappa shape index (κ3) is 3.86. The van der Waals surface area contributed by atoms with Gasteiger partial charge in [-0.05, 0) is 25.3 Å². The first-order valence-corrected chi connectivity index (χ1v) is 10.4. The average Bonchev–Trinajstić information content (AvgIpc) is 3.26. The zero-order chi connectivity index (χ0) is 20.4. The number of aryl methyl sites for hydroxylation is 1. The van der Waals surface area contributed by atoms with Crippen molar-refractivity contribution in [3.05, 3.63) is 52.8 Å². The molecule has 2 amide bonds. The Bertz CT molecular complexity index is 885. The summed E-state index contributed by atoms with van der Waals surface area (Å²) in [4.78, 5) is 28.9. The van der Waals surface area contributed by atoms with E-state index in [9.17, 15) is 9.59 Å². The van der Waals surface area contributed by atoms with Gasteiger partial charge in [-0.1, -0.05) is 37.3 Å². The normalized spacial score (nSPS) is 18.3. The van der Waals surface area contributed by atoms with Gasteiger partial charge in [0, 0.05) is 43.7 Å².